The second kappa shape index (κ2) is 10.7. The van der Waals surface area contributed by atoms with Gasteiger partial charge in [-0.05, 0) is 33.6 Å². The summed E-state index contributed by atoms with van der Waals surface area (Å²) in [5, 5.41) is 0. The molecule has 0 radical (unpaired) electrons. The maximum Gasteiger partial charge on any atom is 0.316 e. The van der Waals surface area contributed by atoms with Crippen molar-refractivity contribution in [3.05, 3.63) is 0 Å². The van der Waals surface area contributed by atoms with Crippen LogP contribution in [0, 0.1) is 0 Å². The highest BCUT2D eigenvalue weighted by Crippen LogP contribution is 2.53. The molecule has 4 nitrogen and oxygen atoms in total. The Morgan fingerprint density at radius 2 is 1.35 bits per heavy atom. The van der Waals surface area contributed by atoms with E-state index >= 15 is 0 Å². The minimum absolute atomic E-state index is 0.189. The van der Waals surface area contributed by atoms with Crippen LogP contribution in [-0.4, -0.2) is 37.5 Å². The Kier molecular flexibility index (Phi) is 9.67. The first kappa shape index (κ1) is 20.9. The minimum Gasteiger partial charge on any atom is -0.357 e. The van der Waals surface area contributed by atoms with E-state index < -0.39 is 11.6 Å². The lowest BCUT2D eigenvalue weighted by molar-refractivity contribution is -0.405. The molecule has 4 heteroatoms. The van der Waals surface area contributed by atoms with Crippen LogP contribution in [0.25, 0.3) is 0 Å². The third-order valence-electron chi connectivity index (χ3n) is 4.53. The summed E-state index contributed by atoms with van der Waals surface area (Å²) in [6.07, 6.45) is 9.60. The summed E-state index contributed by atoms with van der Waals surface area (Å²) in [4.78, 5) is 0. The summed E-state index contributed by atoms with van der Waals surface area (Å²) in [6, 6.07) is 0. The molecule has 0 aromatic carbocycles. The van der Waals surface area contributed by atoms with Gasteiger partial charge in [0.1, 0.15) is 0 Å². The molecular weight excluding hydrogens is 292 g/mol. The molecule has 0 aromatic heterocycles. The number of unbranched alkanes of at least 4 members (excludes halogenated alkanes) is 4. The standard InChI is InChI=1S/C19H38O4/c1-6-11-12-13-14-15-17-18(23-17,16-7-2)19(20-8-3,21-9-4)22-10-5/h17H,6-16H2,1-5H3. The van der Waals surface area contributed by atoms with E-state index in [9.17, 15) is 0 Å². The Labute approximate surface area is 143 Å². The van der Waals surface area contributed by atoms with E-state index in [4.69, 9.17) is 18.9 Å². The van der Waals surface area contributed by atoms with Gasteiger partial charge in [0, 0.05) is 19.8 Å². The fourth-order valence-electron chi connectivity index (χ4n) is 3.52. The number of hydrogen-bond acceptors (Lipinski definition) is 4. The van der Waals surface area contributed by atoms with Gasteiger partial charge in [0.15, 0.2) is 5.60 Å². The average Bonchev–Trinajstić information content (AvgIpc) is 3.23. The maximum atomic E-state index is 6.20. The zero-order valence-electron chi connectivity index (χ0n) is 16.0. The Balaban J connectivity index is 2.73. The summed E-state index contributed by atoms with van der Waals surface area (Å²) >= 11 is 0. The van der Waals surface area contributed by atoms with Gasteiger partial charge >= 0.3 is 5.97 Å². The molecule has 1 saturated heterocycles. The van der Waals surface area contributed by atoms with E-state index in [1.165, 1.54) is 32.1 Å². The Bertz CT molecular complexity index is 291. The van der Waals surface area contributed by atoms with Crippen molar-refractivity contribution in [3.8, 4) is 0 Å². The van der Waals surface area contributed by atoms with Crippen molar-refractivity contribution in [2.45, 2.75) is 104 Å². The largest absolute Gasteiger partial charge is 0.357 e. The molecule has 2 unspecified atom stereocenters. The molecule has 1 fully saturated rings. The molecule has 0 N–H and O–H groups in total. The normalized spacial score (nSPS) is 24.1. The van der Waals surface area contributed by atoms with Crippen molar-refractivity contribution in [1.82, 2.24) is 0 Å². The highest BCUT2D eigenvalue weighted by atomic mass is 16.9. The zero-order chi connectivity index (χ0) is 17.2. The number of epoxide rings is 1. The van der Waals surface area contributed by atoms with Crippen molar-refractivity contribution >= 4 is 0 Å². The van der Waals surface area contributed by atoms with Crippen molar-refractivity contribution in [2.75, 3.05) is 19.8 Å². The van der Waals surface area contributed by atoms with E-state index in [0.717, 1.165) is 19.3 Å². The van der Waals surface area contributed by atoms with Crippen LogP contribution in [0.15, 0.2) is 0 Å². The fourth-order valence-corrected chi connectivity index (χ4v) is 3.52. The monoisotopic (exact) mass is 330 g/mol. The van der Waals surface area contributed by atoms with Gasteiger partial charge in [0.05, 0.1) is 6.10 Å². The van der Waals surface area contributed by atoms with Crippen LogP contribution in [0.5, 0.6) is 0 Å². The molecule has 1 aliphatic heterocycles. The van der Waals surface area contributed by atoms with Gasteiger partial charge in [-0.1, -0.05) is 52.4 Å². The second-order valence-electron chi connectivity index (χ2n) is 6.30. The summed E-state index contributed by atoms with van der Waals surface area (Å²) < 4.78 is 24.2. The minimum atomic E-state index is -1.05. The Hall–Kier alpha value is -0.160. The number of rotatable bonds is 15. The van der Waals surface area contributed by atoms with Crippen molar-refractivity contribution < 1.29 is 18.9 Å². The quantitative estimate of drug-likeness (QED) is 0.239. The van der Waals surface area contributed by atoms with Crippen LogP contribution in [-0.2, 0) is 18.9 Å². The molecule has 1 aliphatic rings. The molecule has 23 heavy (non-hydrogen) atoms. The first-order valence-electron chi connectivity index (χ1n) is 9.75. The molecule has 138 valence electrons. The SMILES string of the molecule is CCCCCCCC1OC1(CCC)C(OCC)(OCC)OCC. The van der Waals surface area contributed by atoms with Gasteiger partial charge in [0.25, 0.3) is 0 Å². The summed E-state index contributed by atoms with van der Waals surface area (Å²) in [5.74, 6) is -1.05. The van der Waals surface area contributed by atoms with Crippen LogP contribution in [0.1, 0.15) is 86.0 Å². The second-order valence-corrected chi connectivity index (χ2v) is 6.30. The third kappa shape index (κ3) is 5.15. The number of ether oxygens (including phenoxy) is 4. The molecule has 0 saturated carbocycles. The lowest BCUT2D eigenvalue weighted by Crippen LogP contribution is -2.54. The lowest BCUT2D eigenvalue weighted by atomic mass is 9.92. The lowest BCUT2D eigenvalue weighted by Gasteiger charge is -2.37. The van der Waals surface area contributed by atoms with E-state index in [0.29, 0.717) is 19.8 Å². The van der Waals surface area contributed by atoms with Crippen LogP contribution < -0.4 is 0 Å². The summed E-state index contributed by atoms with van der Waals surface area (Å²) in [6.45, 7) is 12.0. The van der Waals surface area contributed by atoms with Crippen LogP contribution in [0.4, 0.5) is 0 Å². The Morgan fingerprint density at radius 3 is 1.83 bits per heavy atom. The van der Waals surface area contributed by atoms with Gasteiger partial charge in [-0.15, -0.1) is 0 Å². The zero-order valence-corrected chi connectivity index (χ0v) is 16.0. The molecular formula is C19H38O4. The van der Waals surface area contributed by atoms with Gasteiger partial charge in [-0.2, -0.15) is 0 Å². The molecule has 0 spiro atoms. The molecule has 0 bridgehead atoms. The maximum absolute atomic E-state index is 6.20. The van der Waals surface area contributed by atoms with E-state index in [1.807, 2.05) is 20.8 Å². The molecule has 0 aromatic rings. The fraction of sp³-hybridized carbons (Fsp3) is 1.00. The summed E-state index contributed by atoms with van der Waals surface area (Å²) in [5.41, 5.74) is -0.436. The third-order valence-corrected chi connectivity index (χ3v) is 4.53. The molecule has 1 rings (SSSR count). The average molecular weight is 331 g/mol. The first-order valence-corrected chi connectivity index (χ1v) is 9.75. The van der Waals surface area contributed by atoms with E-state index in [-0.39, 0.29) is 6.10 Å². The van der Waals surface area contributed by atoms with Crippen LogP contribution >= 0.6 is 0 Å². The molecule has 0 amide bonds. The van der Waals surface area contributed by atoms with Gasteiger partial charge < -0.3 is 18.9 Å². The van der Waals surface area contributed by atoms with E-state index in [2.05, 4.69) is 13.8 Å². The predicted octanol–water partition coefficient (Wildman–Crippen LogP) is 5.05. The molecule has 0 aliphatic carbocycles. The van der Waals surface area contributed by atoms with Crippen molar-refractivity contribution in [2.24, 2.45) is 0 Å². The summed E-state index contributed by atoms with van der Waals surface area (Å²) in [7, 11) is 0. The Morgan fingerprint density at radius 1 is 0.783 bits per heavy atom. The van der Waals surface area contributed by atoms with Gasteiger partial charge in [0.2, 0.25) is 0 Å². The number of hydrogen-bond donors (Lipinski definition) is 0. The van der Waals surface area contributed by atoms with Gasteiger partial charge in [-0.25, -0.2) is 0 Å². The van der Waals surface area contributed by atoms with Crippen LogP contribution in [0.3, 0.4) is 0 Å². The highest BCUT2D eigenvalue weighted by molar-refractivity contribution is 5.09. The molecule has 1 heterocycles. The highest BCUT2D eigenvalue weighted by Gasteiger charge is 2.71. The first-order chi connectivity index (χ1) is 11.2. The topological polar surface area (TPSA) is 40.2 Å². The smallest absolute Gasteiger partial charge is 0.316 e. The van der Waals surface area contributed by atoms with E-state index in [1.54, 1.807) is 0 Å². The van der Waals surface area contributed by atoms with Gasteiger partial charge in [-0.3, -0.25) is 0 Å². The van der Waals surface area contributed by atoms with Crippen LogP contribution in [0.2, 0.25) is 0 Å². The molecule has 2 atom stereocenters. The van der Waals surface area contributed by atoms with Crippen molar-refractivity contribution in [3.63, 3.8) is 0 Å². The van der Waals surface area contributed by atoms with Crippen molar-refractivity contribution in [1.29, 1.82) is 0 Å². The predicted molar refractivity (Wildman–Crippen MR) is 93.5 cm³/mol.